The van der Waals surface area contributed by atoms with Gasteiger partial charge in [0.15, 0.2) is 5.75 Å². The molecule has 36 heavy (non-hydrogen) atoms. The number of aliphatic hydroxyl groups is 1. The van der Waals surface area contributed by atoms with E-state index in [0.29, 0.717) is 34.7 Å². The van der Waals surface area contributed by atoms with Gasteiger partial charge in [-0.1, -0.05) is 12.1 Å². The van der Waals surface area contributed by atoms with E-state index in [-0.39, 0.29) is 23.9 Å². The molecule has 1 saturated carbocycles. The molecule has 2 amide bonds. The minimum absolute atomic E-state index is 0.0418. The lowest BCUT2D eigenvalue weighted by Crippen LogP contribution is -2.60. The van der Waals surface area contributed by atoms with Crippen LogP contribution in [-0.4, -0.2) is 56.2 Å². The number of amides is 2. The van der Waals surface area contributed by atoms with E-state index in [9.17, 15) is 14.7 Å². The van der Waals surface area contributed by atoms with Crippen LogP contribution < -0.4 is 10.1 Å². The van der Waals surface area contributed by atoms with Gasteiger partial charge >= 0.3 is 0 Å². The third kappa shape index (κ3) is 3.69. The highest BCUT2D eigenvalue weighted by atomic mass is 16.5. The SMILES string of the molecule is Cc1c(C(=O)N2C[C@H](O)[C@@H]2C)cn2nccc(Oc3ccc4c(C(=O)NC5CCC5)cccc4c3)c12. The highest BCUT2D eigenvalue weighted by Crippen LogP contribution is 2.33. The van der Waals surface area contributed by atoms with Crippen molar-refractivity contribution < 1.29 is 19.4 Å². The van der Waals surface area contributed by atoms with Crippen molar-refractivity contribution in [2.45, 2.75) is 51.3 Å². The molecule has 184 valence electrons. The van der Waals surface area contributed by atoms with E-state index in [0.717, 1.165) is 29.2 Å². The zero-order valence-corrected chi connectivity index (χ0v) is 20.3. The first kappa shape index (κ1) is 22.5. The molecular formula is C28H28N4O4. The zero-order valence-electron chi connectivity index (χ0n) is 20.3. The van der Waals surface area contributed by atoms with Gasteiger partial charge in [-0.3, -0.25) is 9.59 Å². The number of likely N-dealkylation sites (tertiary alicyclic amines) is 1. The maximum Gasteiger partial charge on any atom is 0.256 e. The van der Waals surface area contributed by atoms with Crippen LogP contribution in [0, 0.1) is 6.92 Å². The summed E-state index contributed by atoms with van der Waals surface area (Å²) in [5.74, 6) is 1.04. The van der Waals surface area contributed by atoms with Crippen LogP contribution in [0.15, 0.2) is 54.9 Å². The van der Waals surface area contributed by atoms with Crippen molar-refractivity contribution in [3.63, 3.8) is 0 Å². The van der Waals surface area contributed by atoms with Crippen molar-refractivity contribution in [1.82, 2.24) is 19.8 Å². The van der Waals surface area contributed by atoms with Gasteiger partial charge in [0.2, 0.25) is 0 Å². The summed E-state index contributed by atoms with van der Waals surface area (Å²) in [5.41, 5.74) is 2.68. The first-order valence-corrected chi connectivity index (χ1v) is 12.4. The highest BCUT2D eigenvalue weighted by molar-refractivity contribution is 6.07. The van der Waals surface area contributed by atoms with Crippen LogP contribution in [-0.2, 0) is 0 Å². The molecule has 1 aliphatic carbocycles. The Hall–Kier alpha value is -3.91. The molecule has 2 fully saturated rings. The average Bonchev–Trinajstić information content (AvgIpc) is 3.20. The van der Waals surface area contributed by atoms with Crippen LogP contribution in [0.25, 0.3) is 16.3 Å². The van der Waals surface area contributed by atoms with Crippen LogP contribution in [0.2, 0.25) is 0 Å². The molecule has 0 unspecified atom stereocenters. The lowest BCUT2D eigenvalue weighted by molar-refractivity contribution is -0.0357. The van der Waals surface area contributed by atoms with Crippen molar-refractivity contribution in [2.24, 2.45) is 0 Å². The monoisotopic (exact) mass is 484 g/mol. The molecule has 4 aromatic rings. The summed E-state index contributed by atoms with van der Waals surface area (Å²) in [6, 6.07) is 13.2. The van der Waals surface area contributed by atoms with Crippen LogP contribution in [0.4, 0.5) is 0 Å². The Kier molecular flexibility index (Phi) is 5.41. The van der Waals surface area contributed by atoms with E-state index >= 15 is 0 Å². The second kappa shape index (κ2) is 8.64. The Morgan fingerprint density at radius 3 is 2.69 bits per heavy atom. The Morgan fingerprint density at radius 1 is 1.14 bits per heavy atom. The Balaban J connectivity index is 1.30. The summed E-state index contributed by atoms with van der Waals surface area (Å²) in [5, 5.41) is 19.1. The number of nitrogens with zero attached hydrogens (tertiary/aromatic N) is 3. The third-order valence-corrected chi connectivity index (χ3v) is 7.58. The van der Waals surface area contributed by atoms with E-state index in [1.54, 1.807) is 27.9 Å². The highest BCUT2D eigenvalue weighted by Gasteiger charge is 2.38. The van der Waals surface area contributed by atoms with Gasteiger partial charge in [0.1, 0.15) is 11.3 Å². The standard InChI is InChI=1S/C28H28N4O4/c1-16-23(28(35)31-15-24(33)17(31)2)14-32-26(16)25(11-12-29-32)36-20-9-10-21-18(13-20)5-3-8-22(21)27(34)30-19-6-4-7-19/h3,5,8-14,17,19,24,33H,4,6-7,15H2,1-2H3,(H,30,34)/t17-,24-/m0/s1. The summed E-state index contributed by atoms with van der Waals surface area (Å²) in [4.78, 5) is 27.5. The number of β-amino-alcohol motifs (C(OH)–C–C–N with tert-alkyl or cyclic N) is 1. The van der Waals surface area contributed by atoms with Crippen LogP contribution in [0.5, 0.6) is 11.5 Å². The number of ether oxygens (including phenoxy) is 1. The number of rotatable bonds is 5. The largest absolute Gasteiger partial charge is 0.455 e. The van der Waals surface area contributed by atoms with Crippen LogP contribution >= 0.6 is 0 Å². The van der Waals surface area contributed by atoms with E-state index in [4.69, 9.17) is 4.74 Å². The summed E-state index contributed by atoms with van der Waals surface area (Å²) >= 11 is 0. The number of aromatic nitrogens is 2. The van der Waals surface area contributed by atoms with Gasteiger partial charge in [-0.15, -0.1) is 0 Å². The second-order valence-electron chi connectivity index (χ2n) is 9.81. The fourth-order valence-electron chi connectivity index (χ4n) is 5.00. The predicted octanol–water partition coefficient (Wildman–Crippen LogP) is 4.08. The number of hydrogen-bond donors (Lipinski definition) is 2. The van der Waals surface area contributed by atoms with E-state index < -0.39 is 6.10 Å². The number of fused-ring (bicyclic) bond motifs is 2. The number of carbonyl (C=O) groups excluding carboxylic acids is 2. The van der Waals surface area contributed by atoms with E-state index in [1.807, 2.05) is 50.2 Å². The van der Waals surface area contributed by atoms with Crippen molar-refractivity contribution >= 4 is 28.1 Å². The smallest absolute Gasteiger partial charge is 0.256 e. The molecule has 0 bridgehead atoms. The lowest BCUT2D eigenvalue weighted by Gasteiger charge is -2.43. The number of carbonyl (C=O) groups is 2. The Bertz CT molecular complexity index is 1510. The quantitative estimate of drug-likeness (QED) is 0.445. The second-order valence-corrected chi connectivity index (χ2v) is 9.81. The molecule has 1 aliphatic heterocycles. The van der Waals surface area contributed by atoms with Crippen LogP contribution in [0.3, 0.4) is 0 Å². The molecule has 2 atom stereocenters. The maximum atomic E-state index is 13.1. The third-order valence-electron chi connectivity index (χ3n) is 7.58. The average molecular weight is 485 g/mol. The first-order chi connectivity index (χ1) is 17.4. The molecule has 2 aliphatic rings. The number of nitrogens with one attached hydrogen (secondary N) is 1. The van der Waals surface area contributed by atoms with Crippen molar-refractivity contribution in [1.29, 1.82) is 0 Å². The van der Waals surface area contributed by atoms with Gasteiger partial charge in [0, 0.05) is 30.4 Å². The Morgan fingerprint density at radius 2 is 1.97 bits per heavy atom. The van der Waals surface area contributed by atoms with Crippen molar-refractivity contribution in [3.8, 4) is 11.5 Å². The minimum Gasteiger partial charge on any atom is -0.455 e. The molecule has 2 aromatic heterocycles. The molecule has 8 nitrogen and oxygen atoms in total. The molecule has 3 heterocycles. The lowest BCUT2D eigenvalue weighted by atomic mass is 9.92. The number of hydrogen-bond acceptors (Lipinski definition) is 5. The fourth-order valence-corrected chi connectivity index (χ4v) is 5.00. The topological polar surface area (TPSA) is 96.2 Å². The van der Waals surface area contributed by atoms with Gasteiger partial charge in [0.25, 0.3) is 11.8 Å². The van der Waals surface area contributed by atoms with Gasteiger partial charge in [0.05, 0.1) is 23.9 Å². The maximum absolute atomic E-state index is 13.1. The zero-order chi connectivity index (χ0) is 25.0. The molecule has 2 aromatic carbocycles. The summed E-state index contributed by atoms with van der Waals surface area (Å²) < 4.78 is 7.93. The number of aliphatic hydroxyl groups excluding tert-OH is 1. The summed E-state index contributed by atoms with van der Waals surface area (Å²) in [6.45, 7) is 4.05. The van der Waals surface area contributed by atoms with E-state index in [2.05, 4.69) is 10.4 Å². The van der Waals surface area contributed by atoms with Crippen LogP contribution in [0.1, 0.15) is 52.5 Å². The fraction of sp³-hybridized carbons (Fsp3) is 0.321. The van der Waals surface area contributed by atoms with Gasteiger partial charge < -0.3 is 20.1 Å². The normalized spacial score (nSPS) is 19.7. The first-order valence-electron chi connectivity index (χ1n) is 12.4. The molecule has 0 spiro atoms. The van der Waals surface area contributed by atoms with Gasteiger partial charge in [-0.2, -0.15) is 5.10 Å². The molecule has 0 radical (unpaired) electrons. The van der Waals surface area contributed by atoms with Gasteiger partial charge in [-0.25, -0.2) is 4.52 Å². The molecular weight excluding hydrogens is 456 g/mol. The molecule has 8 heteroatoms. The molecule has 6 rings (SSSR count). The van der Waals surface area contributed by atoms with Crippen molar-refractivity contribution in [2.75, 3.05) is 6.54 Å². The van der Waals surface area contributed by atoms with E-state index in [1.165, 1.54) is 6.42 Å². The number of benzene rings is 2. The minimum atomic E-state index is -0.485. The predicted molar refractivity (Wildman–Crippen MR) is 136 cm³/mol. The number of aryl methyl sites for hydroxylation is 1. The molecule has 1 saturated heterocycles. The Labute approximate surface area is 208 Å². The molecule has 2 N–H and O–H groups in total. The summed E-state index contributed by atoms with van der Waals surface area (Å²) in [6.07, 6.45) is 6.11. The summed E-state index contributed by atoms with van der Waals surface area (Å²) in [7, 11) is 0. The van der Waals surface area contributed by atoms with Gasteiger partial charge in [-0.05, 0) is 73.7 Å². The van der Waals surface area contributed by atoms with Crippen molar-refractivity contribution in [3.05, 3.63) is 71.5 Å².